The number of rotatable bonds is 5. The third kappa shape index (κ3) is 3.81. The summed E-state index contributed by atoms with van der Waals surface area (Å²) in [6, 6.07) is 6.61. The van der Waals surface area contributed by atoms with Crippen LogP contribution in [-0.2, 0) is 9.53 Å². The first-order valence-corrected chi connectivity index (χ1v) is 9.46. The van der Waals surface area contributed by atoms with Gasteiger partial charge in [0.25, 0.3) is 0 Å². The van der Waals surface area contributed by atoms with Gasteiger partial charge in [-0.05, 0) is 18.1 Å². The van der Waals surface area contributed by atoms with Crippen molar-refractivity contribution in [1.29, 1.82) is 0 Å². The Morgan fingerprint density at radius 2 is 2.15 bits per heavy atom. The van der Waals surface area contributed by atoms with Crippen molar-refractivity contribution in [2.24, 2.45) is 0 Å². The zero-order chi connectivity index (χ0) is 18.7. The molecule has 1 aliphatic rings. The quantitative estimate of drug-likeness (QED) is 0.527. The number of hydrogen-bond donors (Lipinski definition) is 3. The van der Waals surface area contributed by atoms with Gasteiger partial charge in [0.1, 0.15) is 0 Å². The van der Waals surface area contributed by atoms with E-state index in [2.05, 4.69) is 20.8 Å². The number of methoxy groups -OCH3 is 1. The number of nitrogen functional groups attached to an aromatic ring is 1. The summed E-state index contributed by atoms with van der Waals surface area (Å²) in [7, 11) is 1.32. The fraction of sp³-hybridized carbons (Fsp3) is 0.250. The van der Waals surface area contributed by atoms with Gasteiger partial charge in [0.15, 0.2) is 4.34 Å². The van der Waals surface area contributed by atoms with E-state index in [1.807, 2.05) is 31.2 Å². The number of hydrogen-bond acceptors (Lipinski definition) is 8. The summed E-state index contributed by atoms with van der Waals surface area (Å²) in [6.45, 7) is 1.93. The van der Waals surface area contributed by atoms with Crippen molar-refractivity contribution in [3.05, 3.63) is 46.7 Å². The molecule has 2 aromatic rings. The molecule has 1 aliphatic heterocycles. The van der Waals surface area contributed by atoms with Gasteiger partial charge in [-0.3, -0.25) is 0 Å². The Kier molecular flexibility index (Phi) is 5.43. The van der Waals surface area contributed by atoms with Crippen LogP contribution in [0.1, 0.15) is 17.2 Å². The predicted molar refractivity (Wildman–Crippen MR) is 99.7 cm³/mol. The lowest BCUT2D eigenvalue weighted by molar-refractivity contribution is -0.136. The van der Waals surface area contributed by atoms with Crippen molar-refractivity contribution in [2.75, 3.05) is 18.6 Å². The van der Waals surface area contributed by atoms with E-state index >= 15 is 0 Å². The lowest BCUT2D eigenvalue weighted by Crippen LogP contribution is -2.46. The van der Waals surface area contributed by atoms with Gasteiger partial charge in [-0.2, -0.15) is 0 Å². The van der Waals surface area contributed by atoms with Crippen LogP contribution in [0.25, 0.3) is 0 Å². The monoisotopic (exact) mass is 391 g/mol. The van der Waals surface area contributed by atoms with E-state index in [0.29, 0.717) is 26.5 Å². The Balaban J connectivity index is 1.98. The number of amides is 2. The largest absolute Gasteiger partial charge is 0.466 e. The van der Waals surface area contributed by atoms with E-state index in [0.717, 1.165) is 11.1 Å². The first-order chi connectivity index (χ1) is 12.5. The number of nitrogens with two attached hydrogens (primary N) is 1. The summed E-state index contributed by atoms with van der Waals surface area (Å²) >= 11 is 2.58. The van der Waals surface area contributed by atoms with Gasteiger partial charge in [0, 0.05) is 11.4 Å². The molecule has 26 heavy (non-hydrogen) atoms. The molecule has 0 aliphatic carbocycles. The summed E-state index contributed by atoms with van der Waals surface area (Å²) in [4.78, 5) is 24.6. The fourth-order valence-corrected chi connectivity index (χ4v) is 4.24. The molecule has 10 heteroatoms. The molecule has 2 amide bonds. The van der Waals surface area contributed by atoms with Crippen molar-refractivity contribution >= 4 is 40.2 Å². The molecule has 2 heterocycles. The highest BCUT2D eigenvalue weighted by Gasteiger charge is 2.34. The summed E-state index contributed by atoms with van der Waals surface area (Å²) < 4.78 is 5.61. The first-order valence-electron chi connectivity index (χ1n) is 7.65. The molecule has 0 fully saturated rings. The van der Waals surface area contributed by atoms with Crippen LogP contribution in [0.2, 0.25) is 0 Å². The number of aryl methyl sites for hydroxylation is 1. The number of ether oxygens (including phenoxy) is 1. The second-order valence-electron chi connectivity index (χ2n) is 5.47. The number of nitrogens with one attached hydrogen (secondary N) is 2. The van der Waals surface area contributed by atoms with Gasteiger partial charge < -0.3 is 21.1 Å². The average Bonchev–Trinajstić information content (AvgIpc) is 3.04. The Morgan fingerprint density at radius 3 is 2.81 bits per heavy atom. The minimum atomic E-state index is -0.590. The Bertz CT molecular complexity index is 880. The summed E-state index contributed by atoms with van der Waals surface area (Å²) in [5.74, 6) is -0.173. The predicted octanol–water partition coefficient (Wildman–Crippen LogP) is 2.00. The minimum Gasteiger partial charge on any atom is -0.466 e. The first kappa shape index (κ1) is 18.2. The number of anilines is 1. The smallest absolute Gasteiger partial charge is 0.338 e. The number of aromatic nitrogens is 2. The van der Waals surface area contributed by atoms with Crippen LogP contribution in [0.3, 0.4) is 0 Å². The van der Waals surface area contributed by atoms with Crippen molar-refractivity contribution in [3.63, 3.8) is 0 Å². The van der Waals surface area contributed by atoms with Gasteiger partial charge in [0.2, 0.25) is 5.13 Å². The van der Waals surface area contributed by atoms with Gasteiger partial charge in [-0.1, -0.05) is 47.4 Å². The van der Waals surface area contributed by atoms with Crippen LogP contribution in [-0.4, -0.2) is 35.1 Å². The van der Waals surface area contributed by atoms with E-state index in [1.165, 1.54) is 30.2 Å². The molecule has 8 nitrogen and oxygen atoms in total. The highest BCUT2D eigenvalue weighted by Crippen LogP contribution is 2.32. The third-order valence-electron chi connectivity index (χ3n) is 3.82. The van der Waals surface area contributed by atoms with Crippen LogP contribution in [0, 0.1) is 6.92 Å². The van der Waals surface area contributed by atoms with E-state index in [-0.39, 0.29) is 6.03 Å². The van der Waals surface area contributed by atoms with Crippen LogP contribution in [0.5, 0.6) is 0 Å². The molecular formula is C16H17N5O3S2. The van der Waals surface area contributed by atoms with Crippen molar-refractivity contribution in [3.8, 4) is 0 Å². The average molecular weight is 391 g/mol. The molecule has 136 valence electrons. The molecule has 3 rings (SSSR count). The van der Waals surface area contributed by atoms with Gasteiger partial charge >= 0.3 is 12.0 Å². The summed E-state index contributed by atoms with van der Waals surface area (Å²) in [6.07, 6.45) is 0. The number of benzene rings is 1. The third-order valence-corrected chi connectivity index (χ3v) is 5.73. The van der Waals surface area contributed by atoms with Gasteiger partial charge in [-0.25, -0.2) is 9.59 Å². The molecular weight excluding hydrogens is 374 g/mol. The highest BCUT2D eigenvalue weighted by atomic mass is 32.2. The molecule has 0 saturated carbocycles. The zero-order valence-electron chi connectivity index (χ0n) is 14.1. The van der Waals surface area contributed by atoms with E-state index in [1.54, 1.807) is 0 Å². The Hall–Kier alpha value is -2.59. The molecule has 1 aromatic carbocycles. The number of carbonyl (C=O) groups is 2. The molecule has 1 unspecified atom stereocenters. The second-order valence-corrected chi connectivity index (χ2v) is 7.70. The van der Waals surface area contributed by atoms with Crippen LogP contribution >= 0.6 is 23.1 Å². The normalized spacial score (nSPS) is 16.8. The molecule has 0 spiro atoms. The topological polar surface area (TPSA) is 119 Å². The van der Waals surface area contributed by atoms with Crippen LogP contribution < -0.4 is 16.4 Å². The fourth-order valence-electron chi connectivity index (χ4n) is 2.64. The number of carbonyl (C=O) groups excluding carboxylic acids is 2. The number of thioether (sulfide) groups is 1. The molecule has 4 N–H and O–H groups in total. The molecule has 0 saturated heterocycles. The highest BCUT2D eigenvalue weighted by molar-refractivity contribution is 8.01. The van der Waals surface area contributed by atoms with E-state index in [9.17, 15) is 9.59 Å². The molecule has 0 bridgehead atoms. The van der Waals surface area contributed by atoms with E-state index in [4.69, 9.17) is 10.5 Å². The zero-order valence-corrected chi connectivity index (χ0v) is 15.7. The lowest BCUT2D eigenvalue weighted by atomic mass is 9.92. The van der Waals surface area contributed by atoms with Crippen molar-refractivity contribution in [1.82, 2.24) is 20.8 Å². The lowest BCUT2D eigenvalue weighted by Gasteiger charge is -2.29. The van der Waals surface area contributed by atoms with Crippen LogP contribution in [0.4, 0.5) is 9.93 Å². The number of urea groups is 1. The summed E-state index contributed by atoms with van der Waals surface area (Å²) in [5, 5.41) is 13.6. The maximum atomic E-state index is 12.5. The Morgan fingerprint density at radius 1 is 1.38 bits per heavy atom. The number of nitrogens with zero attached hydrogens (tertiary/aromatic N) is 2. The van der Waals surface area contributed by atoms with Crippen molar-refractivity contribution in [2.45, 2.75) is 17.3 Å². The Labute approximate surface area is 158 Å². The second kappa shape index (κ2) is 7.75. The van der Waals surface area contributed by atoms with Gasteiger partial charge in [-0.15, -0.1) is 10.2 Å². The minimum absolute atomic E-state index is 0.328. The maximum absolute atomic E-state index is 12.5. The van der Waals surface area contributed by atoms with Crippen molar-refractivity contribution < 1.29 is 14.3 Å². The standard InChI is InChI=1S/C16H17N5O3S2/c1-8-5-3-4-6-9(8)12-11(13(22)24-2)10(18-15(23)19-12)7-25-16-21-20-14(17)26-16/h3-6,12H,7H2,1-2H3,(H2,17,20)(H2,18,19,23). The van der Waals surface area contributed by atoms with Crippen LogP contribution in [0.15, 0.2) is 39.9 Å². The SMILES string of the molecule is COC(=O)C1=C(CSc2nnc(N)s2)NC(=O)NC1c1ccccc1C. The number of esters is 1. The maximum Gasteiger partial charge on any atom is 0.338 e. The molecule has 1 aromatic heterocycles. The summed E-state index contributed by atoms with van der Waals surface area (Å²) in [5.41, 5.74) is 8.23. The van der Waals surface area contributed by atoms with E-state index < -0.39 is 12.0 Å². The van der Waals surface area contributed by atoms with Gasteiger partial charge in [0.05, 0.1) is 18.7 Å². The molecule has 1 atom stereocenters. The molecule has 0 radical (unpaired) electrons.